The van der Waals surface area contributed by atoms with Gasteiger partial charge in [0, 0.05) is 25.1 Å². The zero-order valence-electron chi connectivity index (χ0n) is 13.9. The molecule has 0 fully saturated rings. The van der Waals surface area contributed by atoms with Crippen LogP contribution >= 0.6 is 0 Å². The summed E-state index contributed by atoms with van der Waals surface area (Å²) < 4.78 is 13.4. The summed E-state index contributed by atoms with van der Waals surface area (Å²) in [4.78, 5) is 23.7. The molecule has 0 radical (unpaired) electrons. The van der Waals surface area contributed by atoms with E-state index in [-0.39, 0.29) is 37.1 Å². The minimum atomic E-state index is -0.285. The highest BCUT2D eigenvalue weighted by atomic mass is 19.1. The van der Waals surface area contributed by atoms with Crippen molar-refractivity contribution < 1.29 is 14.0 Å². The molecule has 0 heterocycles. The maximum Gasteiger partial charge on any atom is 0.251 e. The van der Waals surface area contributed by atoms with Gasteiger partial charge in [0.15, 0.2) is 0 Å². The van der Waals surface area contributed by atoms with E-state index in [1.54, 1.807) is 31.2 Å². The Morgan fingerprint density at radius 1 is 1.04 bits per heavy atom. The van der Waals surface area contributed by atoms with E-state index in [9.17, 15) is 14.0 Å². The first kappa shape index (κ1) is 17.7. The van der Waals surface area contributed by atoms with E-state index in [1.807, 2.05) is 19.1 Å². The molecule has 0 aliphatic carbocycles. The maximum atomic E-state index is 13.4. The first-order chi connectivity index (χ1) is 11.5. The average molecular weight is 328 g/mol. The molecule has 5 heteroatoms. The van der Waals surface area contributed by atoms with E-state index >= 15 is 0 Å². The lowest BCUT2D eigenvalue weighted by atomic mass is 10.1. The summed E-state index contributed by atoms with van der Waals surface area (Å²) in [5.41, 5.74) is 2.86. The van der Waals surface area contributed by atoms with Gasteiger partial charge in [0.25, 0.3) is 5.91 Å². The van der Waals surface area contributed by atoms with E-state index in [0.717, 1.165) is 5.56 Å². The molecule has 24 heavy (non-hydrogen) atoms. The van der Waals surface area contributed by atoms with Crippen LogP contribution in [-0.2, 0) is 11.3 Å². The van der Waals surface area contributed by atoms with Crippen LogP contribution < -0.4 is 10.6 Å². The van der Waals surface area contributed by atoms with Gasteiger partial charge in [-0.25, -0.2) is 4.39 Å². The van der Waals surface area contributed by atoms with Crippen LogP contribution in [0.1, 0.15) is 33.5 Å². The molecule has 2 N–H and O–H groups in total. The first-order valence-corrected chi connectivity index (χ1v) is 7.82. The normalized spacial score (nSPS) is 10.3. The second kappa shape index (κ2) is 8.24. The third-order valence-corrected chi connectivity index (χ3v) is 3.64. The Kier molecular flexibility index (Phi) is 6.07. The average Bonchev–Trinajstić information content (AvgIpc) is 2.56. The standard InChI is InChI=1S/C19H21FN2O2/c1-13-4-3-5-16(10-13)19(24)21-9-8-18(23)22-12-15-7-6-14(2)17(20)11-15/h3-7,10-11H,8-9,12H2,1-2H3,(H,21,24)(H,22,23). The third-order valence-electron chi connectivity index (χ3n) is 3.64. The molecular weight excluding hydrogens is 307 g/mol. The van der Waals surface area contributed by atoms with E-state index in [4.69, 9.17) is 0 Å². The number of benzene rings is 2. The summed E-state index contributed by atoms with van der Waals surface area (Å²) in [5.74, 6) is -0.681. The molecule has 0 unspecified atom stereocenters. The summed E-state index contributed by atoms with van der Waals surface area (Å²) in [6.45, 7) is 4.12. The van der Waals surface area contributed by atoms with E-state index in [1.165, 1.54) is 6.07 Å². The first-order valence-electron chi connectivity index (χ1n) is 7.82. The number of rotatable bonds is 6. The highest BCUT2D eigenvalue weighted by Crippen LogP contribution is 2.09. The molecule has 126 valence electrons. The van der Waals surface area contributed by atoms with Crippen molar-refractivity contribution in [2.24, 2.45) is 0 Å². The predicted molar refractivity (Wildman–Crippen MR) is 91.1 cm³/mol. The number of amides is 2. The lowest BCUT2D eigenvalue weighted by Gasteiger charge is -2.08. The van der Waals surface area contributed by atoms with Gasteiger partial charge in [-0.1, -0.05) is 29.8 Å². The van der Waals surface area contributed by atoms with Gasteiger partial charge in [0.1, 0.15) is 5.82 Å². The fraction of sp³-hybridized carbons (Fsp3) is 0.263. The summed E-state index contributed by atoms with van der Waals surface area (Å²) in [6.07, 6.45) is 0.173. The fourth-order valence-electron chi connectivity index (χ4n) is 2.21. The van der Waals surface area contributed by atoms with E-state index < -0.39 is 0 Å². The zero-order chi connectivity index (χ0) is 17.5. The lowest BCUT2D eigenvalue weighted by molar-refractivity contribution is -0.121. The quantitative estimate of drug-likeness (QED) is 0.857. The lowest BCUT2D eigenvalue weighted by Crippen LogP contribution is -2.30. The van der Waals surface area contributed by atoms with Crippen molar-refractivity contribution in [2.45, 2.75) is 26.8 Å². The molecule has 4 nitrogen and oxygen atoms in total. The second-order valence-corrected chi connectivity index (χ2v) is 5.74. The highest BCUT2D eigenvalue weighted by molar-refractivity contribution is 5.94. The Morgan fingerprint density at radius 2 is 1.83 bits per heavy atom. The number of hydrogen-bond acceptors (Lipinski definition) is 2. The van der Waals surface area contributed by atoms with Crippen LogP contribution in [0, 0.1) is 19.7 Å². The molecule has 0 aliphatic rings. The Morgan fingerprint density at radius 3 is 2.54 bits per heavy atom. The summed E-state index contributed by atoms with van der Waals surface area (Å²) in [5, 5.41) is 5.42. The van der Waals surface area contributed by atoms with Crippen molar-refractivity contribution in [3.8, 4) is 0 Å². The fourth-order valence-corrected chi connectivity index (χ4v) is 2.21. The number of carbonyl (C=O) groups is 2. The summed E-state index contributed by atoms with van der Waals surface area (Å²) in [6, 6.07) is 12.1. The molecule has 2 aromatic rings. The van der Waals surface area contributed by atoms with E-state index in [2.05, 4.69) is 10.6 Å². The van der Waals surface area contributed by atoms with Gasteiger partial charge in [-0.2, -0.15) is 0 Å². The molecule has 0 saturated carbocycles. The predicted octanol–water partition coefficient (Wildman–Crippen LogP) is 2.88. The topological polar surface area (TPSA) is 58.2 Å². The molecule has 0 spiro atoms. The van der Waals surface area contributed by atoms with Crippen molar-refractivity contribution in [3.63, 3.8) is 0 Å². The number of carbonyl (C=O) groups excluding carboxylic acids is 2. The van der Waals surface area contributed by atoms with Gasteiger partial charge in [-0.15, -0.1) is 0 Å². The van der Waals surface area contributed by atoms with Crippen LogP contribution in [0.25, 0.3) is 0 Å². The molecule has 0 atom stereocenters. The number of hydrogen-bond donors (Lipinski definition) is 2. The highest BCUT2D eigenvalue weighted by Gasteiger charge is 2.07. The summed E-state index contributed by atoms with van der Waals surface area (Å²) >= 11 is 0. The van der Waals surface area contributed by atoms with Gasteiger partial charge < -0.3 is 10.6 Å². The van der Waals surface area contributed by atoms with Gasteiger partial charge in [0.05, 0.1) is 0 Å². The minimum absolute atomic E-state index is 0.173. The Hall–Kier alpha value is -2.69. The number of halogens is 1. The Labute approximate surface area is 141 Å². The number of nitrogens with one attached hydrogen (secondary N) is 2. The van der Waals surface area contributed by atoms with Crippen LogP contribution in [0.2, 0.25) is 0 Å². The molecule has 0 bridgehead atoms. The van der Waals surface area contributed by atoms with Gasteiger partial charge >= 0.3 is 0 Å². The van der Waals surface area contributed by atoms with Crippen molar-refractivity contribution in [1.82, 2.24) is 10.6 Å². The van der Waals surface area contributed by atoms with Crippen LogP contribution in [0.15, 0.2) is 42.5 Å². The molecule has 2 amide bonds. The van der Waals surface area contributed by atoms with Crippen LogP contribution in [0.4, 0.5) is 4.39 Å². The van der Waals surface area contributed by atoms with Gasteiger partial charge in [-0.3, -0.25) is 9.59 Å². The molecule has 0 saturated heterocycles. The van der Waals surface area contributed by atoms with Crippen LogP contribution in [-0.4, -0.2) is 18.4 Å². The minimum Gasteiger partial charge on any atom is -0.352 e. The largest absolute Gasteiger partial charge is 0.352 e. The van der Waals surface area contributed by atoms with Crippen LogP contribution in [0.3, 0.4) is 0 Å². The summed E-state index contributed by atoms with van der Waals surface area (Å²) in [7, 11) is 0. The van der Waals surface area contributed by atoms with Crippen molar-refractivity contribution in [1.29, 1.82) is 0 Å². The van der Waals surface area contributed by atoms with Crippen molar-refractivity contribution in [2.75, 3.05) is 6.54 Å². The molecule has 2 rings (SSSR count). The van der Waals surface area contributed by atoms with Gasteiger partial charge in [0.2, 0.25) is 5.91 Å². The molecular formula is C19H21FN2O2. The molecule has 0 aromatic heterocycles. The molecule has 2 aromatic carbocycles. The van der Waals surface area contributed by atoms with Crippen LogP contribution in [0.5, 0.6) is 0 Å². The maximum absolute atomic E-state index is 13.4. The Bertz CT molecular complexity index is 744. The third kappa shape index (κ3) is 5.19. The second-order valence-electron chi connectivity index (χ2n) is 5.74. The van der Waals surface area contributed by atoms with E-state index in [0.29, 0.717) is 16.7 Å². The SMILES string of the molecule is Cc1cccc(C(=O)NCCC(=O)NCc2ccc(C)c(F)c2)c1. The number of aryl methyl sites for hydroxylation is 2. The Balaban J connectivity index is 1.73. The van der Waals surface area contributed by atoms with Crippen molar-refractivity contribution >= 4 is 11.8 Å². The molecule has 0 aliphatic heterocycles. The van der Waals surface area contributed by atoms with Crippen molar-refractivity contribution in [3.05, 3.63) is 70.5 Å². The smallest absolute Gasteiger partial charge is 0.251 e. The van der Waals surface area contributed by atoms with Gasteiger partial charge in [-0.05, 0) is 43.2 Å². The monoisotopic (exact) mass is 328 g/mol. The zero-order valence-corrected chi connectivity index (χ0v) is 13.9.